The van der Waals surface area contributed by atoms with Crippen molar-refractivity contribution in [3.8, 4) is 0 Å². The van der Waals surface area contributed by atoms with E-state index in [2.05, 4.69) is 72.9 Å². The van der Waals surface area contributed by atoms with Crippen molar-refractivity contribution in [2.75, 3.05) is 19.8 Å². The van der Waals surface area contributed by atoms with Gasteiger partial charge in [-0.15, -0.1) is 0 Å². The summed E-state index contributed by atoms with van der Waals surface area (Å²) in [5.74, 6) is 0.158. The highest BCUT2D eigenvalue weighted by Gasteiger charge is 2.15. The summed E-state index contributed by atoms with van der Waals surface area (Å²) in [7, 11) is 0. The van der Waals surface area contributed by atoms with Crippen molar-refractivity contribution in [2.45, 2.75) is 25.0 Å². The molecule has 3 aromatic rings. The van der Waals surface area contributed by atoms with Crippen molar-refractivity contribution >= 4 is 0 Å². The summed E-state index contributed by atoms with van der Waals surface area (Å²) in [6, 6.07) is 31.2. The molecule has 0 radical (unpaired) electrons. The Morgan fingerprint density at radius 3 is 1.68 bits per heavy atom. The van der Waals surface area contributed by atoms with Crippen molar-refractivity contribution in [1.82, 2.24) is 5.32 Å². The van der Waals surface area contributed by atoms with Crippen LogP contribution in [-0.2, 0) is 4.74 Å². The molecule has 28 heavy (non-hydrogen) atoms. The molecule has 0 fully saturated rings. The van der Waals surface area contributed by atoms with E-state index in [1.807, 2.05) is 30.3 Å². The Labute approximate surface area is 168 Å². The minimum atomic E-state index is -0.543. The Morgan fingerprint density at radius 1 is 0.714 bits per heavy atom. The van der Waals surface area contributed by atoms with Crippen molar-refractivity contribution in [3.63, 3.8) is 0 Å². The van der Waals surface area contributed by atoms with Gasteiger partial charge in [-0.05, 0) is 23.6 Å². The maximum atomic E-state index is 10.3. The highest BCUT2D eigenvalue weighted by atomic mass is 16.5. The molecule has 3 aromatic carbocycles. The first-order valence-corrected chi connectivity index (χ1v) is 9.88. The predicted molar refractivity (Wildman–Crippen MR) is 114 cm³/mol. The molecule has 3 heteroatoms. The van der Waals surface area contributed by atoms with E-state index in [1.165, 1.54) is 16.7 Å². The fourth-order valence-corrected chi connectivity index (χ4v) is 3.31. The van der Waals surface area contributed by atoms with E-state index in [9.17, 15) is 5.11 Å². The molecule has 3 rings (SSSR count). The molecule has 0 saturated carbocycles. The molecule has 0 aliphatic carbocycles. The SMILES string of the molecule is C[C@H](NC[C@@H](O)COCC(c1ccccc1)c1ccccc1)c1ccccc1. The van der Waals surface area contributed by atoms with Crippen LogP contribution < -0.4 is 5.32 Å². The van der Waals surface area contributed by atoms with Crippen LogP contribution in [0.1, 0.15) is 35.6 Å². The van der Waals surface area contributed by atoms with Crippen molar-refractivity contribution < 1.29 is 9.84 Å². The van der Waals surface area contributed by atoms with Gasteiger partial charge in [-0.2, -0.15) is 0 Å². The van der Waals surface area contributed by atoms with Crippen LogP contribution in [0.15, 0.2) is 91.0 Å². The second-order valence-electron chi connectivity index (χ2n) is 7.11. The molecular weight excluding hydrogens is 346 g/mol. The van der Waals surface area contributed by atoms with Crippen LogP contribution in [-0.4, -0.2) is 31.0 Å². The van der Waals surface area contributed by atoms with Gasteiger partial charge < -0.3 is 15.2 Å². The lowest BCUT2D eigenvalue weighted by atomic mass is 9.92. The summed E-state index contributed by atoms with van der Waals surface area (Å²) < 4.78 is 5.91. The predicted octanol–water partition coefficient (Wildman–Crippen LogP) is 4.55. The number of nitrogens with one attached hydrogen (secondary N) is 1. The third-order valence-corrected chi connectivity index (χ3v) is 4.96. The lowest BCUT2D eigenvalue weighted by Crippen LogP contribution is -2.32. The molecule has 0 aromatic heterocycles. The van der Waals surface area contributed by atoms with Gasteiger partial charge in [-0.1, -0.05) is 91.0 Å². The average Bonchev–Trinajstić information content (AvgIpc) is 2.77. The molecule has 0 amide bonds. The largest absolute Gasteiger partial charge is 0.389 e. The number of hydrogen-bond acceptors (Lipinski definition) is 3. The third kappa shape index (κ3) is 6.03. The number of aliphatic hydroxyl groups excluding tert-OH is 1. The van der Waals surface area contributed by atoms with E-state index in [-0.39, 0.29) is 12.0 Å². The van der Waals surface area contributed by atoms with Gasteiger partial charge in [0.1, 0.15) is 0 Å². The summed E-state index contributed by atoms with van der Waals surface area (Å²) in [6.45, 7) is 3.45. The van der Waals surface area contributed by atoms with Gasteiger partial charge in [-0.25, -0.2) is 0 Å². The summed E-state index contributed by atoms with van der Waals surface area (Å²) in [6.07, 6.45) is -0.543. The maximum absolute atomic E-state index is 10.3. The normalized spacial score (nSPS) is 13.4. The first kappa shape index (κ1) is 20.3. The van der Waals surface area contributed by atoms with Gasteiger partial charge in [0.15, 0.2) is 0 Å². The van der Waals surface area contributed by atoms with Crippen LogP contribution in [0.2, 0.25) is 0 Å². The molecule has 2 atom stereocenters. The second kappa shape index (κ2) is 10.8. The van der Waals surface area contributed by atoms with Crippen molar-refractivity contribution in [2.24, 2.45) is 0 Å². The number of rotatable bonds is 10. The summed E-state index contributed by atoms with van der Waals surface area (Å²) in [4.78, 5) is 0. The minimum absolute atomic E-state index is 0.158. The monoisotopic (exact) mass is 375 g/mol. The van der Waals surface area contributed by atoms with Crippen LogP contribution in [0.4, 0.5) is 0 Å². The zero-order valence-electron chi connectivity index (χ0n) is 16.4. The van der Waals surface area contributed by atoms with Gasteiger partial charge in [0.05, 0.1) is 19.3 Å². The molecule has 146 valence electrons. The van der Waals surface area contributed by atoms with E-state index in [4.69, 9.17) is 4.74 Å². The van der Waals surface area contributed by atoms with E-state index in [0.717, 1.165) is 0 Å². The molecule has 3 nitrogen and oxygen atoms in total. The quantitative estimate of drug-likeness (QED) is 0.546. The Hall–Kier alpha value is -2.46. The van der Waals surface area contributed by atoms with Crippen LogP contribution in [0.3, 0.4) is 0 Å². The van der Waals surface area contributed by atoms with Gasteiger partial charge in [0.2, 0.25) is 0 Å². The second-order valence-corrected chi connectivity index (χ2v) is 7.11. The minimum Gasteiger partial charge on any atom is -0.389 e. The molecule has 2 N–H and O–H groups in total. The lowest BCUT2D eigenvalue weighted by Gasteiger charge is -2.21. The Bertz CT molecular complexity index is 753. The maximum Gasteiger partial charge on any atom is 0.0897 e. The molecule has 0 bridgehead atoms. The van der Waals surface area contributed by atoms with Crippen LogP contribution in [0, 0.1) is 0 Å². The first-order valence-electron chi connectivity index (χ1n) is 9.88. The smallest absolute Gasteiger partial charge is 0.0897 e. The van der Waals surface area contributed by atoms with Gasteiger partial charge >= 0.3 is 0 Å². The number of ether oxygens (including phenoxy) is 1. The highest BCUT2D eigenvalue weighted by molar-refractivity contribution is 5.32. The summed E-state index contributed by atoms with van der Waals surface area (Å²) >= 11 is 0. The Morgan fingerprint density at radius 2 is 1.18 bits per heavy atom. The summed E-state index contributed by atoms with van der Waals surface area (Å²) in [5, 5.41) is 13.7. The van der Waals surface area contributed by atoms with E-state index in [0.29, 0.717) is 19.8 Å². The molecule has 0 saturated heterocycles. The first-order chi connectivity index (χ1) is 13.7. The lowest BCUT2D eigenvalue weighted by molar-refractivity contribution is 0.0330. The Balaban J connectivity index is 1.50. The number of aliphatic hydroxyl groups is 1. The van der Waals surface area contributed by atoms with E-state index in [1.54, 1.807) is 0 Å². The standard InChI is InChI=1S/C25H29NO2/c1-20(21-11-5-2-6-12-21)26-17-24(27)18-28-19-25(22-13-7-3-8-14-22)23-15-9-4-10-16-23/h2-16,20,24-27H,17-19H2,1H3/t20-,24+/m0/s1. The van der Waals surface area contributed by atoms with Crippen LogP contribution >= 0.6 is 0 Å². The highest BCUT2D eigenvalue weighted by Crippen LogP contribution is 2.24. The van der Waals surface area contributed by atoms with E-state index >= 15 is 0 Å². The van der Waals surface area contributed by atoms with Crippen molar-refractivity contribution in [1.29, 1.82) is 0 Å². The third-order valence-electron chi connectivity index (χ3n) is 4.96. The number of hydrogen-bond donors (Lipinski definition) is 2. The Kier molecular flexibility index (Phi) is 7.80. The zero-order chi connectivity index (χ0) is 19.6. The summed E-state index contributed by atoms with van der Waals surface area (Å²) in [5.41, 5.74) is 3.65. The molecule has 0 aliphatic rings. The molecular formula is C25H29NO2. The average molecular weight is 376 g/mol. The molecule has 0 unspecified atom stereocenters. The van der Waals surface area contributed by atoms with Crippen LogP contribution in [0.25, 0.3) is 0 Å². The van der Waals surface area contributed by atoms with E-state index < -0.39 is 6.10 Å². The zero-order valence-corrected chi connectivity index (χ0v) is 16.4. The fourth-order valence-electron chi connectivity index (χ4n) is 3.31. The molecule has 0 aliphatic heterocycles. The molecule has 0 spiro atoms. The van der Waals surface area contributed by atoms with Crippen molar-refractivity contribution in [3.05, 3.63) is 108 Å². The fraction of sp³-hybridized carbons (Fsp3) is 0.280. The molecule has 0 heterocycles. The van der Waals surface area contributed by atoms with Crippen LogP contribution in [0.5, 0.6) is 0 Å². The van der Waals surface area contributed by atoms with Gasteiger partial charge in [0.25, 0.3) is 0 Å². The van der Waals surface area contributed by atoms with Gasteiger partial charge in [-0.3, -0.25) is 0 Å². The van der Waals surface area contributed by atoms with Gasteiger partial charge in [0, 0.05) is 18.5 Å². The number of benzene rings is 3. The topological polar surface area (TPSA) is 41.5 Å².